The molecule has 1 radical (unpaired) electrons. The van der Waals surface area contributed by atoms with Crippen molar-refractivity contribution in [1.82, 2.24) is 9.62 Å². The van der Waals surface area contributed by atoms with E-state index in [-0.39, 0.29) is 12.6 Å². The van der Waals surface area contributed by atoms with E-state index in [1.165, 1.54) is 4.31 Å². The molecule has 1 aliphatic rings. The Balaban J connectivity index is 2.00. The topological polar surface area (TPSA) is 51.5 Å². The Morgan fingerprint density at radius 1 is 1.23 bits per heavy atom. The van der Waals surface area contributed by atoms with Gasteiger partial charge in [0.1, 0.15) is 5.00 Å². The second-order valence-corrected chi connectivity index (χ2v) is 8.68. The van der Waals surface area contributed by atoms with E-state index in [1.807, 2.05) is 37.3 Å². The number of hydrogen-bond donors (Lipinski definition) is 0. The summed E-state index contributed by atoms with van der Waals surface area (Å²) in [4.78, 5) is -0.575. The van der Waals surface area contributed by atoms with Crippen molar-refractivity contribution in [2.24, 2.45) is 0 Å². The van der Waals surface area contributed by atoms with Crippen LogP contribution in [0.1, 0.15) is 13.8 Å². The Morgan fingerprint density at radius 2 is 1.91 bits per heavy atom. The summed E-state index contributed by atoms with van der Waals surface area (Å²) in [5.41, 5.74) is 0. The van der Waals surface area contributed by atoms with Crippen molar-refractivity contribution < 1.29 is 8.42 Å². The summed E-state index contributed by atoms with van der Waals surface area (Å²) in [5.74, 6) is 0. The molecule has 1 heterocycles. The number of fused-ring (bicyclic) bond motifs is 1. The Bertz CT molecular complexity index is 805. The Hall–Kier alpha value is -1.14. The van der Waals surface area contributed by atoms with Crippen LogP contribution >= 0.6 is 11.6 Å². The van der Waals surface area contributed by atoms with E-state index in [4.69, 9.17) is 11.6 Å². The Labute approximate surface area is 136 Å². The molecule has 0 unspecified atom stereocenters. The van der Waals surface area contributed by atoms with Crippen LogP contribution in [0, 0.1) is 0 Å². The molecule has 0 saturated carbocycles. The van der Waals surface area contributed by atoms with Gasteiger partial charge in [0.25, 0.3) is 0 Å². The van der Waals surface area contributed by atoms with Crippen molar-refractivity contribution >= 4 is 32.4 Å². The predicted molar refractivity (Wildman–Crippen MR) is 88.6 cm³/mol. The van der Waals surface area contributed by atoms with Gasteiger partial charge in [-0.25, -0.2) is 13.7 Å². The van der Waals surface area contributed by atoms with Crippen LogP contribution in [0.5, 0.6) is 0 Å². The van der Waals surface area contributed by atoms with E-state index in [1.54, 1.807) is 19.1 Å². The summed E-state index contributed by atoms with van der Waals surface area (Å²) in [6.07, 6.45) is 0. The minimum atomic E-state index is -3.57. The molecule has 4 nitrogen and oxygen atoms in total. The molecule has 0 amide bonds. The first-order valence-electron chi connectivity index (χ1n) is 7.18. The molecular weight excluding hydrogens is 320 g/mol. The molecule has 117 valence electrons. The van der Waals surface area contributed by atoms with Gasteiger partial charge in [-0.2, -0.15) is 4.31 Å². The number of alkyl halides is 1. The largest absolute Gasteiger partial charge is 0.243 e. The van der Waals surface area contributed by atoms with Gasteiger partial charge < -0.3 is 0 Å². The molecule has 1 fully saturated rings. The number of piperazine rings is 1. The maximum atomic E-state index is 12.9. The van der Waals surface area contributed by atoms with Crippen LogP contribution in [0.4, 0.5) is 0 Å². The number of benzene rings is 2. The highest BCUT2D eigenvalue weighted by Crippen LogP contribution is 2.27. The maximum absolute atomic E-state index is 12.9. The SMILES string of the molecule is C[C@@H]1CN(S(=O)(=O)c2ccc3ccccc3c2)C[C@](C)(Cl)[N]1. The fraction of sp³-hybridized carbons (Fsp3) is 0.375. The van der Waals surface area contributed by atoms with Crippen LogP contribution in [0.3, 0.4) is 0 Å². The van der Waals surface area contributed by atoms with Crippen LogP contribution < -0.4 is 5.32 Å². The van der Waals surface area contributed by atoms with Gasteiger partial charge in [0, 0.05) is 19.1 Å². The third-order valence-electron chi connectivity index (χ3n) is 3.78. The highest BCUT2D eigenvalue weighted by molar-refractivity contribution is 7.89. The van der Waals surface area contributed by atoms with Gasteiger partial charge in [0.15, 0.2) is 0 Å². The summed E-state index contributed by atoms with van der Waals surface area (Å²) >= 11 is 6.28. The summed E-state index contributed by atoms with van der Waals surface area (Å²) < 4.78 is 27.2. The van der Waals surface area contributed by atoms with E-state index in [2.05, 4.69) is 5.32 Å². The molecule has 1 aliphatic heterocycles. The van der Waals surface area contributed by atoms with Crippen LogP contribution in [0.15, 0.2) is 47.4 Å². The van der Waals surface area contributed by atoms with Crippen molar-refractivity contribution in [2.75, 3.05) is 13.1 Å². The van der Waals surface area contributed by atoms with Crippen molar-refractivity contribution in [3.8, 4) is 0 Å². The highest BCUT2D eigenvalue weighted by atomic mass is 35.5. The molecule has 3 rings (SSSR count). The second kappa shape index (κ2) is 5.49. The fourth-order valence-corrected chi connectivity index (χ4v) is 4.91. The van der Waals surface area contributed by atoms with Gasteiger partial charge in [-0.1, -0.05) is 41.9 Å². The van der Waals surface area contributed by atoms with Crippen LogP contribution in [0.25, 0.3) is 10.8 Å². The smallest absolute Gasteiger partial charge is 0.214 e. The van der Waals surface area contributed by atoms with Gasteiger partial charge in [-0.05, 0) is 36.8 Å². The summed E-state index contributed by atoms with van der Waals surface area (Å²) in [7, 11) is -3.57. The molecule has 0 N–H and O–H groups in total. The van der Waals surface area contributed by atoms with E-state index in [9.17, 15) is 8.42 Å². The molecule has 0 aromatic heterocycles. The lowest BCUT2D eigenvalue weighted by atomic mass is 10.1. The van der Waals surface area contributed by atoms with Gasteiger partial charge >= 0.3 is 0 Å². The number of hydrogen-bond acceptors (Lipinski definition) is 2. The molecule has 22 heavy (non-hydrogen) atoms. The third-order valence-corrected chi connectivity index (χ3v) is 5.81. The molecule has 0 spiro atoms. The maximum Gasteiger partial charge on any atom is 0.243 e. The zero-order chi connectivity index (χ0) is 16.0. The van der Waals surface area contributed by atoms with E-state index in [0.717, 1.165) is 10.8 Å². The number of sulfonamides is 1. The standard InChI is InChI=1S/C16H18ClN2O2S/c1-12-10-19(11-16(2,17)18-12)22(20,21)15-8-7-13-5-3-4-6-14(13)9-15/h3-9,12H,10-11H2,1-2H3/t12-,16-/m1/s1. The number of nitrogens with zero attached hydrogens (tertiary/aromatic N) is 2. The number of halogens is 1. The lowest BCUT2D eigenvalue weighted by Gasteiger charge is -2.38. The zero-order valence-electron chi connectivity index (χ0n) is 12.5. The fourth-order valence-electron chi connectivity index (χ4n) is 2.88. The quantitative estimate of drug-likeness (QED) is 0.625. The summed E-state index contributed by atoms with van der Waals surface area (Å²) in [5, 5.41) is 6.31. The lowest BCUT2D eigenvalue weighted by molar-refractivity contribution is 0.232. The zero-order valence-corrected chi connectivity index (χ0v) is 14.1. The van der Waals surface area contributed by atoms with E-state index in [0.29, 0.717) is 11.4 Å². The Morgan fingerprint density at radius 3 is 2.59 bits per heavy atom. The molecule has 2 aromatic rings. The molecule has 6 heteroatoms. The van der Waals surface area contributed by atoms with E-state index >= 15 is 0 Å². The predicted octanol–water partition coefficient (Wildman–Crippen LogP) is 2.79. The molecule has 2 aromatic carbocycles. The minimum absolute atomic E-state index is 0.119. The van der Waals surface area contributed by atoms with Crippen molar-refractivity contribution in [1.29, 1.82) is 0 Å². The number of rotatable bonds is 2. The summed E-state index contributed by atoms with van der Waals surface area (Å²) in [6, 6.07) is 12.8. The van der Waals surface area contributed by atoms with E-state index < -0.39 is 15.0 Å². The Kier molecular flexibility index (Phi) is 3.93. The van der Waals surface area contributed by atoms with Crippen molar-refractivity contribution in [3.63, 3.8) is 0 Å². The average molecular weight is 338 g/mol. The molecule has 0 bridgehead atoms. The molecule has 1 saturated heterocycles. The summed E-state index contributed by atoms with van der Waals surface area (Å²) in [6.45, 7) is 4.17. The first kappa shape index (κ1) is 15.7. The third kappa shape index (κ3) is 2.99. The first-order chi connectivity index (χ1) is 10.3. The minimum Gasteiger partial charge on any atom is -0.214 e. The van der Waals surface area contributed by atoms with Gasteiger partial charge in [0.2, 0.25) is 10.0 Å². The van der Waals surface area contributed by atoms with Crippen molar-refractivity contribution in [3.05, 3.63) is 42.5 Å². The lowest BCUT2D eigenvalue weighted by Crippen LogP contribution is -2.57. The first-order valence-corrected chi connectivity index (χ1v) is 9.00. The average Bonchev–Trinajstić information content (AvgIpc) is 2.44. The molecule has 2 atom stereocenters. The van der Waals surface area contributed by atoms with Crippen LogP contribution in [-0.4, -0.2) is 36.9 Å². The van der Waals surface area contributed by atoms with Gasteiger partial charge in [0.05, 0.1) is 4.90 Å². The molecular formula is C16H18ClN2O2S. The molecule has 0 aliphatic carbocycles. The van der Waals surface area contributed by atoms with Crippen LogP contribution in [0.2, 0.25) is 0 Å². The highest BCUT2D eigenvalue weighted by Gasteiger charge is 2.39. The van der Waals surface area contributed by atoms with Gasteiger partial charge in [-0.3, -0.25) is 0 Å². The van der Waals surface area contributed by atoms with Gasteiger partial charge in [-0.15, -0.1) is 0 Å². The van der Waals surface area contributed by atoms with Crippen molar-refractivity contribution in [2.45, 2.75) is 29.8 Å². The monoisotopic (exact) mass is 337 g/mol. The normalized spacial score (nSPS) is 27.1. The second-order valence-electron chi connectivity index (χ2n) is 5.93. The van der Waals surface area contributed by atoms with Crippen LogP contribution in [-0.2, 0) is 10.0 Å².